The molecular formula is C57H48N2O9. The molecule has 0 atom stereocenters. The number of benzene rings is 7. The molecule has 0 spiro atoms. The van der Waals surface area contributed by atoms with E-state index in [2.05, 4.69) is 9.97 Å². The van der Waals surface area contributed by atoms with Crippen molar-refractivity contribution in [1.29, 1.82) is 0 Å². The smallest absolute Gasteiger partial charge is 0.339 e. The van der Waals surface area contributed by atoms with Gasteiger partial charge in [-0.1, -0.05) is 115 Å². The summed E-state index contributed by atoms with van der Waals surface area (Å²) in [5.74, 6) is 0.745. The number of carboxylic acids is 2. The molecule has 0 saturated heterocycles. The Labute approximate surface area is 393 Å². The lowest BCUT2D eigenvalue weighted by atomic mass is 10.0. The molecule has 2 N–H and O–H groups in total. The number of pyridine rings is 2. The van der Waals surface area contributed by atoms with Crippen LogP contribution in [0.15, 0.2) is 182 Å². The molecule has 0 saturated carbocycles. The molecule has 11 nitrogen and oxygen atoms in total. The third kappa shape index (κ3) is 12.1. The molecule has 9 aromatic rings. The maximum absolute atomic E-state index is 12.0. The minimum Gasteiger partial charge on any atom is -0.489 e. The average Bonchev–Trinajstić information content (AvgIpc) is 3.36. The largest absolute Gasteiger partial charge is 0.489 e. The minimum absolute atomic E-state index is 0.117. The van der Waals surface area contributed by atoms with E-state index in [-0.39, 0.29) is 30.1 Å². The van der Waals surface area contributed by atoms with Crippen molar-refractivity contribution in [2.45, 2.75) is 46.9 Å². The van der Waals surface area contributed by atoms with Gasteiger partial charge in [0, 0.05) is 28.5 Å². The molecule has 0 aliphatic rings. The third-order valence-corrected chi connectivity index (χ3v) is 10.9. The zero-order valence-electron chi connectivity index (χ0n) is 37.5. The fraction of sp³-hybridized carbons (Fsp3) is 0.123. The summed E-state index contributed by atoms with van der Waals surface area (Å²) in [5.41, 5.74) is 7.71. The van der Waals surface area contributed by atoms with Crippen LogP contribution in [-0.4, -0.2) is 32.1 Å². The highest BCUT2D eigenvalue weighted by Crippen LogP contribution is 2.31. The topological polar surface area (TPSA) is 147 Å². The van der Waals surface area contributed by atoms with Crippen LogP contribution in [-0.2, 0) is 33.0 Å². The molecule has 2 heterocycles. The number of ether oxygens (including phenoxy) is 5. The molecular weight excluding hydrogens is 857 g/mol. The highest BCUT2D eigenvalue weighted by Gasteiger charge is 2.18. The number of hydrogen-bond donors (Lipinski definition) is 2. The van der Waals surface area contributed by atoms with Crippen LogP contribution in [0.25, 0.3) is 21.8 Å². The Bertz CT molecular complexity index is 3190. The number of aryl methyl sites for hydroxylation is 2. The van der Waals surface area contributed by atoms with E-state index in [1.807, 2.05) is 152 Å². The second kappa shape index (κ2) is 22.0. The van der Waals surface area contributed by atoms with E-state index in [0.717, 1.165) is 44.3 Å². The first-order chi connectivity index (χ1) is 33.1. The molecule has 0 aliphatic carbocycles. The molecule has 7 aromatic carbocycles. The van der Waals surface area contributed by atoms with Gasteiger partial charge in [-0.3, -0.25) is 0 Å². The van der Waals surface area contributed by atoms with Crippen LogP contribution in [0.1, 0.15) is 59.9 Å². The second-order valence-electron chi connectivity index (χ2n) is 15.9. The van der Waals surface area contributed by atoms with E-state index >= 15 is 0 Å². The lowest BCUT2D eigenvalue weighted by molar-refractivity contribution is 0.0680. The predicted molar refractivity (Wildman–Crippen MR) is 261 cm³/mol. The van der Waals surface area contributed by atoms with E-state index in [1.165, 1.54) is 0 Å². The monoisotopic (exact) mass is 904 g/mol. The number of carboxylic acid groups (broad SMARTS) is 2. The summed E-state index contributed by atoms with van der Waals surface area (Å²) in [4.78, 5) is 32.7. The molecule has 0 amide bonds. The summed E-state index contributed by atoms with van der Waals surface area (Å²) in [6, 6.07) is 57.2. The summed E-state index contributed by atoms with van der Waals surface area (Å²) < 4.78 is 29.6. The van der Waals surface area contributed by atoms with Crippen LogP contribution in [0, 0.1) is 13.8 Å². The summed E-state index contributed by atoms with van der Waals surface area (Å²) >= 11 is 0. The van der Waals surface area contributed by atoms with Gasteiger partial charge in [-0.25, -0.2) is 19.6 Å². The molecule has 68 heavy (non-hydrogen) atoms. The summed E-state index contributed by atoms with van der Waals surface area (Å²) in [6.07, 6.45) is 0. The van der Waals surface area contributed by atoms with Crippen molar-refractivity contribution in [1.82, 2.24) is 9.97 Å². The molecule has 0 unspecified atom stereocenters. The van der Waals surface area contributed by atoms with Crippen molar-refractivity contribution < 1.29 is 43.5 Å². The zero-order valence-corrected chi connectivity index (χ0v) is 37.5. The molecule has 0 radical (unpaired) electrons. The average molecular weight is 905 g/mol. The van der Waals surface area contributed by atoms with Gasteiger partial charge in [0.15, 0.2) is 0 Å². The van der Waals surface area contributed by atoms with Gasteiger partial charge < -0.3 is 33.9 Å². The number of fused-ring (bicyclic) bond motifs is 2. The van der Waals surface area contributed by atoms with Crippen LogP contribution < -0.4 is 23.7 Å². The highest BCUT2D eigenvalue weighted by atomic mass is 16.5. The van der Waals surface area contributed by atoms with E-state index in [0.29, 0.717) is 59.5 Å². The zero-order chi connectivity index (χ0) is 47.2. The summed E-state index contributed by atoms with van der Waals surface area (Å²) in [7, 11) is 0. The van der Waals surface area contributed by atoms with E-state index in [4.69, 9.17) is 23.7 Å². The number of carbonyl (C=O) groups is 2. The number of aromatic nitrogens is 2. The van der Waals surface area contributed by atoms with Gasteiger partial charge in [-0.2, -0.15) is 0 Å². The first-order valence-electron chi connectivity index (χ1n) is 21.9. The maximum Gasteiger partial charge on any atom is 0.339 e. The normalized spacial score (nSPS) is 10.7. The van der Waals surface area contributed by atoms with Crippen molar-refractivity contribution in [2.75, 3.05) is 0 Å². The van der Waals surface area contributed by atoms with Crippen molar-refractivity contribution >= 4 is 33.7 Å². The fourth-order valence-corrected chi connectivity index (χ4v) is 7.48. The van der Waals surface area contributed by atoms with E-state index < -0.39 is 11.9 Å². The van der Waals surface area contributed by atoms with Crippen LogP contribution in [0.5, 0.6) is 28.7 Å². The van der Waals surface area contributed by atoms with Gasteiger partial charge in [0.2, 0.25) is 0 Å². The summed E-state index contributed by atoms with van der Waals surface area (Å²) in [5, 5.41) is 21.4. The lowest BCUT2D eigenvalue weighted by Crippen LogP contribution is -2.08. The van der Waals surface area contributed by atoms with Crippen molar-refractivity contribution in [2.24, 2.45) is 0 Å². The van der Waals surface area contributed by atoms with E-state index in [9.17, 15) is 19.8 Å². The molecule has 340 valence electrons. The number of nitrogens with zero attached hydrogens (tertiary/aromatic N) is 2. The fourth-order valence-electron chi connectivity index (χ4n) is 7.48. The molecule has 0 fully saturated rings. The Morgan fingerprint density at radius 2 is 0.926 bits per heavy atom. The third-order valence-electron chi connectivity index (χ3n) is 10.9. The van der Waals surface area contributed by atoms with Crippen LogP contribution in [0.3, 0.4) is 0 Å². The van der Waals surface area contributed by atoms with Gasteiger partial charge in [0.1, 0.15) is 67.3 Å². The first-order valence-corrected chi connectivity index (χ1v) is 21.9. The van der Waals surface area contributed by atoms with E-state index in [1.54, 1.807) is 44.2 Å². The standard InChI is InChI=1S/C32H27NO5.C25H21NO4/c1-22-16-28(36-19-23-8-3-2-4-9-23)18-30(31(22)32(34)35)38-20-24-10-7-12-27(17-24)37-21-26-15-14-25-11-5-6-13-29(25)33-26;1-17-6-4-8-19(24(17)25(27)28)15-29-21-9-5-10-22(14-21)30-16-20-13-12-18-7-2-3-11-23(18)26-20/h2-18H,19-21H2,1H3,(H,34,35);2-14H,15-16H2,1H3,(H,27,28). The van der Waals surface area contributed by atoms with Crippen LogP contribution in [0.4, 0.5) is 0 Å². The van der Waals surface area contributed by atoms with Gasteiger partial charge in [0.05, 0.1) is 28.0 Å². The predicted octanol–water partition coefficient (Wildman–Crippen LogP) is 12.4. The van der Waals surface area contributed by atoms with Crippen LogP contribution in [0.2, 0.25) is 0 Å². The molecule has 2 aromatic heterocycles. The minimum atomic E-state index is -1.05. The Morgan fingerprint density at radius 3 is 1.56 bits per heavy atom. The Hall–Kier alpha value is -8.70. The Kier molecular flexibility index (Phi) is 14.8. The van der Waals surface area contributed by atoms with Gasteiger partial charge in [0.25, 0.3) is 0 Å². The van der Waals surface area contributed by atoms with Gasteiger partial charge >= 0.3 is 11.9 Å². The van der Waals surface area contributed by atoms with Crippen molar-refractivity contribution in [3.8, 4) is 28.7 Å². The molecule has 0 bridgehead atoms. The van der Waals surface area contributed by atoms with Gasteiger partial charge in [-0.05, 0) is 90.7 Å². The molecule has 9 rings (SSSR count). The Morgan fingerprint density at radius 1 is 0.412 bits per heavy atom. The first kappa shape index (κ1) is 45.9. The molecule has 0 aliphatic heterocycles. The van der Waals surface area contributed by atoms with Crippen molar-refractivity contribution in [3.63, 3.8) is 0 Å². The second-order valence-corrected chi connectivity index (χ2v) is 15.9. The quantitative estimate of drug-likeness (QED) is 0.0900. The van der Waals surface area contributed by atoms with Crippen molar-refractivity contribution in [3.05, 3.63) is 232 Å². The maximum atomic E-state index is 12.0. The summed E-state index contributed by atoms with van der Waals surface area (Å²) in [6.45, 7) is 4.90. The van der Waals surface area contributed by atoms with Gasteiger partial charge in [-0.15, -0.1) is 0 Å². The lowest BCUT2D eigenvalue weighted by Gasteiger charge is -2.15. The number of para-hydroxylation sites is 2. The molecule has 11 heteroatoms. The van der Waals surface area contributed by atoms with Crippen LogP contribution >= 0.6 is 0 Å². The highest BCUT2D eigenvalue weighted by molar-refractivity contribution is 5.93. The SMILES string of the molecule is Cc1cc(OCc2ccccc2)cc(OCc2cccc(OCc3ccc4ccccc4n3)c2)c1C(=O)O.Cc1cccc(COc2cccc(OCc3ccc4ccccc4n3)c2)c1C(=O)O. The number of aromatic carboxylic acids is 2. The number of hydrogen-bond acceptors (Lipinski definition) is 9. The Balaban J connectivity index is 0.000000189. The number of rotatable bonds is 17.